The largest absolute Gasteiger partial charge is 0.394 e. The van der Waals surface area contributed by atoms with Gasteiger partial charge >= 0.3 is 0 Å². The van der Waals surface area contributed by atoms with Crippen LogP contribution < -0.4 is 0 Å². The zero-order valence-corrected chi connectivity index (χ0v) is 15.3. The molecule has 1 aliphatic rings. The van der Waals surface area contributed by atoms with Crippen molar-refractivity contribution in [2.45, 2.75) is 24.7 Å². The smallest absolute Gasteiger partial charge is 0.107 e. The van der Waals surface area contributed by atoms with E-state index in [0.717, 1.165) is 10.9 Å². The Morgan fingerprint density at radius 2 is 1.46 bits per heavy atom. The van der Waals surface area contributed by atoms with E-state index in [9.17, 15) is 10.2 Å². The molecule has 0 amide bonds. The minimum Gasteiger partial charge on any atom is -0.394 e. The van der Waals surface area contributed by atoms with Crippen molar-refractivity contribution in [3.05, 3.63) is 72.3 Å². The van der Waals surface area contributed by atoms with Crippen LogP contribution in [-0.2, 0) is 4.74 Å². The van der Waals surface area contributed by atoms with Crippen molar-refractivity contribution in [1.82, 2.24) is 0 Å². The Kier molecular flexibility index (Phi) is 3.42. The number of aliphatic hydroxyl groups is 2. The summed E-state index contributed by atoms with van der Waals surface area (Å²) in [6.07, 6.45) is -0.907. The quantitative estimate of drug-likeness (QED) is 0.343. The first kappa shape index (κ1) is 16.3. The third kappa shape index (κ3) is 2.09. The van der Waals surface area contributed by atoms with E-state index in [1.807, 2.05) is 0 Å². The minimum atomic E-state index is -0.646. The predicted octanol–water partition coefficient (Wildman–Crippen LogP) is 4.92. The fourth-order valence-electron chi connectivity index (χ4n) is 5.06. The standard InChI is InChI=1S/C25H20O3/c26-13-22-20(27)12-21(28-22)24-17-7-2-1-6-16(17)18-10-8-14-4-3-5-15-9-11-19(24)25(18)23(14)15/h1-11,20-22,26-27H,12-13H2/t20?,21-,22-/m1/s1. The summed E-state index contributed by atoms with van der Waals surface area (Å²) in [7, 11) is 0. The van der Waals surface area contributed by atoms with Crippen molar-refractivity contribution in [3.63, 3.8) is 0 Å². The Morgan fingerprint density at radius 3 is 2.18 bits per heavy atom. The molecular weight excluding hydrogens is 348 g/mol. The summed E-state index contributed by atoms with van der Waals surface area (Å²) in [5.74, 6) is 0. The molecule has 28 heavy (non-hydrogen) atoms. The first-order chi connectivity index (χ1) is 13.8. The van der Waals surface area contributed by atoms with E-state index in [2.05, 4.69) is 66.7 Å². The second kappa shape index (κ2) is 5.89. The second-order valence-corrected chi connectivity index (χ2v) is 7.79. The highest BCUT2D eigenvalue weighted by atomic mass is 16.5. The van der Waals surface area contributed by atoms with Gasteiger partial charge in [-0.15, -0.1) is 0 Å². The molecule has 3 nitrogen and oxygen atoms in total. The molecule has 5 aromatic rings. The van der Waals surface area contributed by atoms with Crippen LogP contribution in [0.2, 0.25) is 0 Å². The van der Waals surface area contributed by atoms with E-state index in [1.54, 1.807) is 0 Å². The van der Waals surface area contributed by atoms with Crippen molar-refractivity contribution < 1.29 is 14.9 Å². The van der Waals surface area contributed by atoms with Crippen LogP contribution in [0.5, 0.6) is 0 Å². The number of aliphatic hydroxyl groups excluding tert-OH is 2. The zero-order chi connectivity index (χ0) is 18.8. The zero-order valence-electron chi connectivity index (χ0n) is 15.3. The summed E-state index contributed by atoms with van der Waals surface area (Å²) < 4.78 is 6.11. The lowest BCUT2D eigenvalue weighted by atomic mass is 9.85. The minimum absolute atomic E-state index is 0.165. The van der Waals surface area contributed by atoms with Crippen LogP contribution in [0.1, 0.15) is 18.1 Å². The van der Waals surface area contributed by atoms with Gasteiger partial charge in [-0.3, -0.25) is 0 Å². The number of fused-ring (bicyclic) bond motifs is 2. The third-order valence-electron chi connectivity index (χ3n) is 6.30. The molecular formula is C25H20O3. The summed E-state index contributed by atoms with van der Waals surface area (Å²) in [6, 6.07) is 23.6. The molecule has 0 spiro atoms. The lowest BCUT2D eigenvalue weighted by Crippen LogP contribution is -2.24. The highest BCUT2D eigenvalue weighted by molar-refractivity contribution is 6.30. The average molecular weight is 368 g/mol. The van der Waals surface area contributed by atoms with Crippen LogP contribution in [0, 0.1) is 0 Å². The van der Waals surface area contributed by atoms with Crippen LogP contribution in [0.15, 0.2) is 66.7 Å². The third-order valence-corrected chi connectivity index (χ3v) is 6.30. The molecule has 2 N–H and O–H groups in total. The predicted molar refractivity (Wildman–Crippen MR) is 113 cm³/mol. The molecule has 1 unspecified atom stereocenters. The molecule has 0 bridgehead atoms. The first-order valence-corrected chi connectivity index (χ1v) is 9.79. The first-order valence-electron chi connectivity index (χ1n) is 9.79. The van der Waals surface area contributed by atoms with Crippen molar-refractivity contribution in [1.29, 1.82) is 0 Å². The SMILES string of the molecule is OC[C@H]1O[C@@H](c2c3ccccc3c3ccc4cccc5ccc2c3c54)CC1O. The van der Waals surface area contributed by atoms with E-state index >= 15 is 0 Å². The highest BCUT2D eigenvalue weighted by Crippen LogP contribution is 2.46. The summed E-state index contributed by atoms with van der Waals surface area (Å²) in [4.78, 5) is 0. The second-order valence-electron chi connectivity index (χ2n) is 7.79. The Bertz CT molecular complexity index is 1320. The molecule has 5 aromatic carbocycles. The van der Waals surface area contributed by atoms with Crippen LogP contribution >= 0.6 is 0 Å². The van der Waals surface area contributed by atoms with Gasteiger partial charge < -0.3 is 14.9 Å². The van der Waals surface area contributed by atoms with Crippen LogP contribution in [-0.4, -0.2) is 29.0 Å². The maximum atomic E-state index is 10.4. The number of hydrogen-bond donors (Lipinski definition) is 2. The average Bonchev–Trinajstić information content (AvgIpc) is 3.11. The summed E-state index contributed by atoms with van der Waals surface area (Å²) >= 11 is 0. The van der Waals surface area contributed by atoms with Gasteiger partial charge in [0.15, 0.2) is 0 Å². The van der Waals surface area contributed by atoms with Crippen LogP contribution in [0.4, 0.5) is 0 Å². The molecule has 1 fully saturated rings. The van der Waals surface area contributed by atoms with Crippen molar-refractivity contribution in [3.8, 4) is 0 Å². The summed E-state index contributed by atoms with van der Waals surface area (Å²) in [6.45, 7) is -0.165. The van der Waals surface area contributed by atoms with Gasteiger partial charge in [-0.05, 0) is 48.7 Å². The Balaban J connectivity index is 1.79. The van der Waals surface area contributed by atoms with Gasteiger partial charge in [0.1, 0.15) is 6.10 Å². The van der Waals surface area contributed by atoms with Gasteiger partial charge in [0.05, 0.1) is 18.8 Å². The molecule has 1 heterocycles. The van der Waals surface area contributed by atoms with Gasteiger partial charge in [0.2, 0.25) is 0 Å². The molecule has 1 saturated heterocycles. The lowest BCUT2D eigenvalue weighted by Gasteiger charge is -2.21. The molecule has 0 aliphatic carbocycles. The maximum absolute atomic E-state index is 10.4. The van der Waals surface area contributed by atoms with Crippen molar-refractivity contribution in [2.24, 2.45) is 0 Å². The molecule has 3 atom stereocenters. The molecule has 1 aliphatic heterocycles. The van der Waals surface area contributed by atoms with Gasteiger partial charge in [-0.1, -0.05) is 66.7 Å². The molecule has 6 rings (SSSR count). The van der Waals surface area contributed by atoms with Gasteiger partial charge in [0.25, 0.3) is 0 Å². The van der Waals surface area contributed by atoms with Crippen molar-refractivity contribution in [2.75, 3.05) is 6.61 Å². The van der Waals surface area contributed by atoms with E-state index in [4.69, 9.17) is 4.74 Å². The van der Waals surface area contributed by atoms with Crippen LogP contribution in [0.25, 0.3) is 43.1 Å². The normalized spacial score (nSPS) is 22.9. The van der Waals surface area contributed by atoms with Crippen LogP contribution in [0.3, 0.4) is 0 Å². The van der Waals surface area contributed by atoms with Gasteiger partial charge in [0, 0.05) is 6.42 Å². The topological polar surface area (TPSA) is 49.7 Å². The van der Waals surface area contributed by atoms with Gasteiger partial charge in [-0.2, -0.15) is 0 Å². The molecule has 3 heteroatoms. The number of rotatable bonds is 2. The fourth-order valence-corrected chi connectivity index (χ4v) is 5.06. The molecule has 0 radical (unpaired) electrons. The molecule has 138 valence electrons. The van der Waals surface area contributed by atoms with E-state index in [0.29, 0.717) is 6.42 Å². The van der Waals surface area contributed by atoms with E-state index in [1.165, 1.54) is 37.7 Å². The number of ether oxygens (including phenoxy) is 1. The number of benzene rings is 5. The Hall–Kier alpha value is -2.72. The van der Waals surface area contributed by atoms with E-state index < -0.39 is 12.2 Å². The van der Waals surface area contributed by atoms with Crippen molar-refractivity contribution >= 4 is 43.1 Å². The number of hydrogen-bond acceptors (Lipinski definition) is 3. The maximum Gasteiger partial charge on any atom is 0.107 e. The summed E-state index contributed by atoms with van der Waals surface area (Å²) in [5, 5.41) is 29.7. The molecule has 0 saturated carbocycles. The lowest BCUT2D eigenvalue weighted by molar-refractivity contribution is -0.0218. The Labute approximate surface area is 162 Å². The van der Waals surface area contributed by atoms with E-state index in [-0.39, 0.29) is 12.7 Å². The highest BCUT2D eigenvalue weighted by Gasteiger charge is 2.36. The molecule has 0 aromatic heterocycles. The van der Waals surface area contributed by atoms with Gasteiger partial charge in [-0.25, -0.2) is 0 Å². The fraction of sp³-hybridized carbons (Fsp3) is 0.200. The monoisotopic (exact) mass is 368 g/mol. The summed E-state index contributed by atoms with van der Waals surface area (Å²) in [5.41, 5.74) is 1.12. The Morgan fingerprint density at radius 1 is 0.750 bits per heavy atom.